The molecule has 0 heterocycles. The van der Waals surface area contributed by atoms with Crippen LogP contribution in [0.4, 0.5) is 0 Å². The van der Waals surface area contributed by atoms with Crippen LogP contribution in [0.2, 0.25) is 0 Å². The van der Waals surface area contributed by atoms with Gasteiger partial charge in [-0.2, -0.15) is 0 Å². The van der Waals surface area contributed by atoms with Crippen molar-refractivity contribution < 1.29 is 0 Å². The Hall–Kier alpha value is -0.120. The van der Waals surface area contributed by atoms with Crippen LogP contribution >= 0.6 is 0 Å². The van der Waals surface area contributed by atoms with Gasteiger partial charge in [0.25, 0.3) is 0 Å². The van der Waals surface area contributed by atoms with Crippen LogP contribution in [0.15, 0.2) is 0 Å². The van der Waals surface area contributed by atoms with Crippen molar-refractivity contribution in [1.82, 2.24) is 15.1 Å². The van der Waals surface area contributed by atoms with E-state index in [4.69, 9.17) is 0 Å². The molecule has 0 radical (unpaired) electrons. The van der Waals surface area contributed by atoms with E-state index in [-0.39, 0.29) is 0 Å². The van der Waals surface area contributed by atoms with Gasteiger partial charge in [-0.1, -0.05) is 20.8 Å². The van der Waals surface area contributed by atoms with Crippen LogP contribution in [0.1, 0.15) is 53.4 Å². The Morgan fingerprint density at radius 2 is 1.90 bits per heavy atom. The highest BCUT2D eigenvalue weighted by molar-refractivity contribution is 4.92. The standard InChI is InChI=1S/C17H37N3/c1-7-11-18-16-10-9-14(3)12-17(16)20(8-2)15(4)13-19(5)6/h14-18H,7-13H2,1-6H3. The van der Waals surface area contributed by atoms with Gasteiger partial charge in [-0.25, -0.2) is 0 Å². The third-order valence-electron chi connectivity index (χ3n) is 4.72. The van der Waals surface area contributed by atoms with Crippen molar-refractivity contribution in [2.75, 3.05) is 33.7 Å². The van der Waals surface area contributed by atoms with Crippen LogP contribution in [0.25, 0.3) is 0 Å². The van der Waals surface area contributed by atoms with Gasteiger partial charge in [0, 0.05) is 24.7 Å². The number of rotatable bonds is 8. The molecule has 0 bridgehead atoms. The second-order valence-corrected chi connectivity index (χ2v) is 6.99. The first-order chi connectivity index (χ1) is 9.49. The van der Waals surface area contributed by atoms with Gasteiger partial charge in [-0.3, -0.25) is 4.90 Å². The molecule has 20 heavy (non-hydrogen) atoms. The largest absolute Gasteiger partial charge is 0.312 e. The lowest BCUT2D eigenvalue weighted by Gasteiger charge is -2.45. The van der Waals surface area contributed by atoms with Gasteiger partial charge in [0.15, 0.2) is 0 Å². The predicted octanol–water partition coefficient (Wildman–Crippen LogP) is 2.82. The zero-order valence-corrected chi connectivity index (χ0v) is 14.7. The summed E-state index contributed by atoms with van der Waals surface area (Å²) in [6.07, 6.45) is 5.32. The molecule has 1 aliphatic rings. The fourth-order valence-corrected chi connectivity index (χ4v) is 3.79. The lowest BCUT2D eigenvalue weighted by atomic mass is 9.82. The smallest absolute Gasteiger partial charge is 0.0255 e. The molecule has 4 unspecified atom stereocenters. The molecular formula is C17H37N3. The second kappa shape index (κ2) is 9.01. The third kappa shape index (κ3) is 5.34. The van der Waals surface area contributed by atoms with Crippen molar-refractivity contribution in [3.8, 4) is 0 Å². The SMILES string of the molecule is CCCNC1CCC(C)CC1N(CC)C(C)CN(C)C. The Morgan fingerprint density at radius 1 is 1.20 bits per heavy atom. The molecule has 0 aromatic heterocycles. The van der Waals surface area contributed by atoms with E-state index in [1.54, 1.807) is 0 Å². The Bertz CT molecular complexity index is 253. The highest BCUT2D eigenvalue weighted by Crippen LogP contribution is 2.29. The molecule has 3 nitrogen and oxygen atoms in total. The minimum absolute atomic E-state index is 0.635. The van der Waals surface area contributed by atoms with E-state index in [1.807, 2.05) is 0 Å². The topological polar surface area (TPSA) is 18.5 Å². The van der Waals surface area contributed by atoms with Gasteiger partial charge >= 0.3 is 0 Å². The Labute approximate surface area is 127 Å². The summed E-state index contributed by atoms with van der Waals surface area (Å²) in [5.74, 6) is 0.875. The van der Waals surface area contributed by atoms with Gasteiger partial charge in [0.05, 0.1) is 0 Å². The van der Waals surface area contributed by atoms with Crippen LogP contribution in [0.3, 0.4) is 0 Å². The monoisotopic (exact) mass is 283 g/mol. The molecule has 0 aromatic rings. The average Bonchev–Trinajstić information content (AvgIpc) is 2.38. The molecule has 1 aliphatic carbocycles. The fourth-order valence-electron chi connectivity index (χ4n) is 3.79. The van der Waals surface area contributed by atoms with Crippen molar-refractivity contribution in [2.45, 2.75) is 71.5 Å². The molecule has 120 valence electrons. The summed E-state index contributed by atoms with van der Waals surface area (Å²) in [4.78, 5) is 5.05. The normalized spacial score (nSPS) is 29.1. The zero-order valence-electron chi connectivity index (χ0n) is 14.7. The summed E-state index contributed by atoms with van der Waals surface area (Å²) in [5.41, 5.74) is 0. The predicted molar refractivity (Wildman–Crippen MR) is 89.3 cm³/mol. The molecule has 0 amide bonds. The van der Waals surface area contributed by atoms with E-state index in [0.29, 0.717) is 18.1 Å². The summed E-state index contributed by atoms with van der Waals surface area (Å²) in [6.45, 7) is 12.9. The highest BCUT2D eigenvalue weighted by Gasteiger charge is 2.33. The molecule has 1 saturated carbocycles. The number of likely N-dealkylation sites (N-methyl/N-ethyl adjacent to an activating group) is 2. The van der Waals surface area contributed by atoms with Crippen LogP contribution in [0, 0.1) is 5.92 Å². The molecule has 0 saturated heterocycles. The molecular weight excluding hydrogens is 246 g/mol. The van der Waals surface area contributed by atoms with Gasteiger partial charge < -0.3 is 10.2 Å². The average molecular weight is 284 g/mol. The molecule has 3 heteroatoms. The Balaban J connectivity index is 2.71. The van der Waals surface area contributed by atoms with Crippen molar-refractivity contribution in [3.05, 3.63) is 0 Å². The minimum Gasteiger partial charge on any atom is -0.312 e. The van der Waals surface area contributed by atoms with Crippen LogP contribution in [-0.4, -0.2) is 61.7 Å². The summed E-state index contributed by atoms with van der Waals surface area (Å²) in [6, 6.07) is 2.04. The lowest BCUT2D eigenvalue weighted by Crippen LogP contribution is -2.57. The van der Waals surface area contributed by atoms with Crippen LogP contribution < -0.4 is 5.32 Å². The first-order valence-electron chi connectivity index (χ1n) is 8.63. The quantitative estimate of drug-likeness (QED) is 0.739. The van der Waals surface area contributed by atoms with E-state index in [9.17, 15) is 0 Å². The van der Waals surface area contributed by atoms with Gasteiger partial charge in [-0.05, 0) is 65.7 Å². The van der Waals surface area contributed by atoms with Crippen molar-refractivity contribution >= 4 is 0 Å². The maximum atomic E-state index is 3.81. The fraction of sp³-hybridized carbons (Fsp3) is 1.00. The Morgan fingerprint density at radius 3 is 2.45 bits per heavy atom. The summed E-state index contributed by atoms with van der Waals surface area (Å²) in [7, 11) is 4.36. The first kappa shape index (κ1) is 17.9. The lowest BCUT2D eigenvalue weighted by molar-refractivity contribution is 0.0630. The van der Waals surface area contributed by atoms with Crippen molar-refractivity contribution in [1.29, 1.82) is 0 Å². The third-order valence-corrected chi connectivity index (χ3v) is 4.72. The van der Waals surface area contributed by atoms with Gasteiger partial charge in [0.2, 0.25) is 0 Å². The summed E-state index contributed by atoms with van der Waals surface area (Å²) >= 11 is 0. The van der Waals surface area contributed by atoms with Gasteiger partial charge in [0.1, 0.15) is 0 Å². The molecule has 1 fully saturated rings. The number of hydrogen-bond acceptors (Lipinski definition) is 3. The maximum absolute atomic E-state index is 3.81. The van der Waals surface area contributed by atoms with E-state index in [2.05, 4.69) is 56.9 Å². The molecule has 0 spiro atoms. The van der Waals surface area contributed by atoms with E-state index >= 15 is 0 Å². The number of hydrogen-bond donors (Lipinski definition) is 1. The minimum atomic E-state index is 0.635. The van der Waals surface area contributed by atoms with Crippen molar-refractivity contribution in [2.24, 2.45) is 5.92 Å². The second-order valence-electron chi connectivity index (χ2n) is 6.99. The molecule has 0 aromatic carbocycles. The summed E-state index contributed by atoms with van der Waals surface area (Å²) in [5, 5.41) is 3.81. The number of nitrogens with one attached hydrogen (secondary N) is 1. The van der Waals surface area contributed by atoms with E-state index in [1.165, 1.54) is 25.7 Å². The van der Waals surface area contributed by atoms with E-state index in [0.717, 1.165) is 25.6 Å². The van der Waals surface area contributed by atoms with E-state index < -0.39 is 0 Å². The van der Waals surface area contributed by atoms with Crippen LogP contribution in [0.5, 0.6) is 0 Å². The summed E-state index contributed by atoms with van der Waals surface area (Å²) < 4.78 is 0. The molecule has 0 aliphatic heterocycles. The molecule has 1 N–H and O–H groups in total. The zero-order chi connectivity index (χ0) is 15.1. The molecule has 4 atom stereocenters. The highest BCUT2D eigenvalue weighted by atomic mass is 15.2. The van der Waals surface area contributed by atoms with Crippen LogP contribution in [-0.2, 0) is 0 Å². The first-order valence-corrected chi connectivity index (χ1v) is 8.63. The maximum Gasteiger partial charge on any atom is 0.0255 e. The molecule has 1 rings (SSSR count). The number of nitrogens with zero attached hydrogens (tertiary/aromatic N) is 2. The Kier molecular flexibility index (Phi) is 8.08. The van der Waals surface area contributed by atoms with Gasteiger partial charge in [-0.15, -0.1) is 0 Å². The van der Waals surface area contributed by atoms with Crippen molar-refractivity contribution in [3.63, 3.8) is 0 Å².